The molecule has 8 heteroatoms. The van der Waals surface area contributed by atoms with E-state index >= 15 is 0 Å². The van der Waals surface area contributed by atoms with Crippen molar-refractivity contribution in [3.05, 3.63) is 59.8 Å². The standard InChI is InChI=1S/C20H18N4O3S/c1-12-9-18(22-19(25)13-5-4-6-14(10-13)26-2)24(23-12)20-21-16-11-15(27-3)7-8-17(16)28-20/h4-11H,1-3H3,(H,22,25). The molecule has 2 aromatic carbocycles. The van der Waals surface area contributed by atoms with Crippen LogP contribution in [0.4, 0.5) is 5.82 Å². The molecule has 4 rings (SSSR count). The van der Waals surface area contributed by atoms with E-state index in [1.165, 1.54) is 11.3 Å². The summed E-state index contributed by atoms with van der Waals surface area (Å²) in [4.78, 5) is 17.3. The van der Waals surface area contributed by atoms with Gasteiger partial charge >= 0.3 is 0 Å². The third kappa shape index (κ3) is 3.41. The highest BCUT2D eigenvalue weighted by Gasteiger charge is 2.16. The van der Waals surface area contributed by atoms with Crippen LogP contribution in [0.15, 0.2) is 48.5 Å². The second-order valence-electron chi connectivity index (χ2n) is 6.10. The summed E-state index contributed by atoms with van der Waals surface area (Å²) < 4.78 is 13.1. The molecule has 0 aliphatic carbocycles. The Kier molecular flexibility index (Phi) is 4.70. The predicted molar refractivity (Wildman–Crippen MR) is 109 cm³/mol. The molecule has 4 aromatic rings. The minimum atomic E-state index is -0.247. The van der Waals surface area contributed by atoms with Gasteiger partial charge in [-0.2, -0.15) is 9.78 Å². The molecular weight excluding hydrogens is 376 g/mol. The SMILES string of the molecule is COc1cccc(C(=O)Nc2cc(C)nn2-c2nc3cc(OC)ccc3s2)c1. The summed E-state index contributed by atoms with van der Waals surface area (Å²) >= 11 is 1.49. The fraction of sp³-hybridized carbons (Fsp3) is 0.150. The van der Waals surface area contributed by atoms with E-state index in [0.717, 1.165) is 21.7 Å². The molecule has 1 amide bonds. The lowest BCUT2D eigenvalue weighted by molar-refractivity contribution is 0.102. The minimum Gasteiger partial charge on any atom is -0.497 e. The molecule has 142 valence electrons. The van der Waals surface area contributed by atoms with Gasteiger partial charge in [-0.3, -0.25) is 4.79 Å². The van der Waals surface area contributed by atoms with Gasteiger partial charge in [-0.15, -0.1) is 0 Å². The van der Waals surface area contributed by atoms with Crippen molar-refractivity contribution in [2.45, 2.75) is 6.92 Å². The van der Waals surface area contributed by atoms with Gasteiger partial charge in [0.15, 0.2) is 0 Å². The molecule has 7 nitrogen and oxygen atoms in total. The van der Waals surface area contributed by atoms with E-state index in [1.54, 1.807) is 43.2 Å². The minimum absolute atomic E-state index is 0.247. The highest BCUT2D eigenvalue weighted by molar-refractivity contribution is 7.20. The Bertz CT molecular complexity index is 1170. The van der Waals surface area contributed by atoms with Gasteiger partial charge in [0.25, 0.3) is 5.91 Å². The Balaban J connectivity index is 1.68. The maximum Gasteiger partial charge on any atom is 0.256 e. The lowest BCUT2D eigenvalue weighted by atomic mass is 10.2. The van der Waals surface area contributed by atoms with E-state index in [2.05, 4.69) is 15.4 Å². The van der Waals surface area contributed by atoms with Crippen molar-refractivity contribution < 1.29 is 14.3 Å². The zero-order valence-corrected chi connectivity index (χ0v) is 16.4. The number of hydrogen-bond donors (Lipinski definition) is 1. The van der Waals surface area contributed by atoms with Crippen LogP contribution in [0.1, 0.15) is 16.1 Å². The number of thiazole rings is 1. The van der Waals surface area contributed by atoms with E-state index < -0.39 is 0 Å². The molecule has 0 unspecified atom stereocenters. The Morgan fingerprint density at radius 1 is 1.07 bits per heavy atom. The molecule has 0 bridgehead atoms. The summed E-state index contributed by atoms with van der Waals surface area (Å²) in [5.74, 6) is 1.67. The maximum atomic E-state index is 12.7. The Labute approximate surface area is 165 Å². The first-order valence-electron chi connectivity index (χ1n) is 8.54. The maximum absolute atomic E-state index is 12.7. The molecule has 1 N–H and O–H groups in total. The van der Waals surface area contributed by atoms with E-state index in [4.69, 9.17) is 9.47 Å². The Morgan fingerprint density at radius 2 is 1.86 bits per heavy atom. The Morgan fingerprint density at radius 3 is 2.64 bits per heavy atom. The van der Waals surface area contributed by atoms with E-state index in [-0.39, 0.29) is 5.91 Å². The van der Waals surface area contributed by atoms with Crippen LogP contribution in [-0.4, -0.2) is 34.9 Å². The van der Waals surface area contributed by atoms with Gasteiger partial charge < -0.3 is 14.8 Å². The third-order valence-corrected chi connectivity index (χ3v) is 5.18. The summed E-state index contributed by atoms with van der Waals surface area (Å²) in [5.41, 5.74) is 2.09. The molecule has 0 atom stereocenters. The predicted octanol–water partition coefficient (Wildman–Crippen LogP) is 4.06. The number of nitrogens with zero attached hydrogens (tertiary/aromatic N) is 3. The van der Waals surface area contributed by atoms with Crippen molar-refractivity contribution >= 4 is 33.3 Å². The highest BCUT2D eigenvalue weighted by Crippen LogP contribution is 2.30. The summed E-state index contributed by atoms with van der Waals surface area (Å²) in [6.07, 6.45) is 0. The fourth-order valence-corrected chi connectivity index (χ4v) is 3.71. The summed E-state index contributed by atoms with van der Waals surface area (Å²) in [6.45, 7) is 1.87. The van der Waals surface area contributed by atoms with Crippen molar-refractivity contribution in [1.29, 1.82) is 0 Å². The van der Waals surface area contributed by atoms with Gasteiger partial charge in [0.05, 0.1) is 30.1 Å². The van der Waals surface area contributed by atoms with E-state index in [0.29, 0.717) is 22.3 Å². The number of carbonyl (C=O) groups is 1. The van der Waals surface area contributed by atoms with Crippen LogP contribution in [0.25, 0.3) is 15.3 Å². The lowest BCUT2D eigenvalue weighted by Gasteiger charge is -2.07. The molecule has 0 aliphatic heterocycles. The fourth-order valence-electron chi connectivity index (χ4n) is 2.80. The van der Waals surface area contributed by atoms with Crippen molar-refractivity contribution in [2.75, 3.05) is 19.5 Å². The number of methoxy groups -OCH3 is 2. The van der Waals surface area contributed by atoms with Crippen molar-refractivity contribution in [3.8, 4) is 16.6 Å². The van der Waals surface area contributed by atoms with Crippen molar-refractivity contribution in [2.24, 2.45) is 0 Å². The first-order valence-corrected chi connectivity index (χ1v) is 9.36. The average molecular weight is 394 g/mol. The zero-order chi connectivity index (χ0) is 19.7. The molecular formula is C20H18N4O3S. The van der Waals surface area contributed by atoms with Gasteiger partial charge in [-0.25, -0.2) is 4.98 Å². The zero-order valence-electron chi connectivity index (χ0n) is 15.6. The molecule has 2 aromatic heterocycles. The second-order valence-corrected chi connectivity index (χ2v) is 7.11. The van der Waals surface area contributed by atoms with Gasteiger partial charge in [0.2, 0.25) is 5.13 Å². The highest BCUT2D eigenvalue weighted by atomic mass is 32.1. The number of fused-ring (bicyclic) bond motifs is 1. The molecule has 0 saturated heterocycles. The van der Waals surface area contributed by atoms with Crippen LogP contribution < -0.4 is 14.8 Å². The molecule has 28 heavy (non-hydrogen) atoms. The number of anilines is 1. The summed E-state index contributed by atoms with van der Waals surface area (Å²) in [7, 11) is 3.19. The number of carbonyl (C=O) groups excluding carboxylic acids is 1. The smallest absolute Gasteiger partial charge is 0.256 e. The number of nitrogens with one attached hydrogen (secondary N) is 1. The number of ether oxygens (including phenoxy) is 2. The summed E-state index contributed by atoms with van der Waals surface area (Å²) in [5, 5.41) is 8.07. The number of aryl methyl sites for hydroxylation is 1. The number of aromatic nitrogens is 3. The number of hydrogen-bond acceptors (Lipinski definition) is 6. The second kappa shape index (κ2) is 7.32. The first kappa shape index (κ1) is 18.0. The van der Waals surface area contributed by atoms with Gasteiger partial charge in [-0.05, 0) is 37.3 Å². The first-order chi connectivity index (χ1) is 13.6. The molecule has 2 heterocycles. The van der Waals surface area contributed by atoms with Crippen LogP contribution in [0.5, 0.6) is 11.5 Å². The molecule has 0 aliphatic rings. The van der Waals surface area contributed by atoms with Crippen LogP contribution in [0.2, 0.25) is 0 Å². The van der Waals surface area contributed by atoms with Crippen molar-refractivity contribution in [3.63, 3.8) is 0 Å². The largest absolute Gasteiger partial charge is 0.497 e. The van der Waals surface area contributed by atoms with Crippen LogP contribution >= 0.6 is 11.3 Å². The Hall–Kier alpha value is -3.39. The van der Waals surface area contributed by atoms with E-state index in [1.807, 2.05) is 31.2 Å². The molecule has 0 spiro atoms. The molecule has 0 fully saturated rings. The van der Waals surface area contributed by atoms with Gasteiger partial charge in [0.1, 0.15) is 17.3 Å². The van der Waals surface area contributed by atoms with Crippen molar-refractivity contribution in [1.82, 2.24) is 14.8 Å². The number of rotatable bonds is 5. The number of amides is 1. The van der Waals surface area contributed by atoms with Crippen LogP contribution in [-0.2, 0) is 0 Å². The normalized spacial score (nSPS) is 10.8. The summed E-state index contributed by atoms with van der Waals surface area (Å²) in [6, 6.07) is 14.5. The lowest BCUT2D eigenvalue weighted by Crippen LogP contribution is -2.15. The number of benzene rings is 2. The van der Waals surface area contributed by atoms with Crippen LogP contribution in [0, 0.1) is 6.92 Å². The van der Waals surface area contributed by atoms with E-state index in [9.17, 15) is 4.79 Å². The van der Waals surface area contributed by atoms with Gasteiger partial charge in [0, 0.05) is 17.7 Å². The van der Waals surface area contributed by atoms with Gasteiger partial charge in [-0.1, -0.05) is 17.4 Å². The van der Waals surface area contributed by atoms with Crippen LogP contribution in [0.3, 0.4) is 0 Å². The topological polar surface area (TPSA) is 78.3 Å². The monoisotopic (exact) mass is 394 g/mol. The molecule has 0 radical (unpaired) electrons. The molecule has 0 saturated carbocycles. The third-order valence-electron chi connectivity index (χ3n) is 4.17. The average Bonchev–Trinajstić information content (AvgIpc) is 3.30. The quantitative estimate of drug-likeness (QED) is 0.552.